The Balaban J connectivity index is 2.29. The summed E-state index contributed by atoms with van der Waals surface area (Å²) in [5.74, 6) is 0. The van der Waals surface area contributed by atoms with Crippen molar-refractivity contribution in [2.45, 2.75) is 71.3 Å². The van der Waals surface area contributed by atoms with Crippen LogP contribution in [0.4, 0.5) is 0 Å². The molecule has 0 fully saturated rings. The van der Waals surface area contributed by atoms with Crippen LogP contribution < -0.4 is 5.32 Å². The lowest BCUT2D eigenvalue weighted by atomic mass is 10.0. The van der Waals surface area contributed by atoms with Crippen LogP contribution in [-0.2, 0) is 0 Å². The number of hydrogen-bond donors (Lipinski definition) is 1. The number of nitrogens with one attached hydrogen (secondary N) is 1. The molecule has 0 aliphatic carbocycles. The van der Waals surface area contributed by atoms with Crippen molar-refractivity contribution in [2.24, 2.45) is 0 Å². The molecule has 0 amide bonds. The third-order valence-electron chi connectivity index (χ3n) is 3.42. The number of hydrogen-bond acceptors (Lipinski definition) is 2. The van der Waals surface area contributed by atoms with E-state index in [1.807, 2.05) is 11.3 Å². The van der Waals surface area contributed by atoms with Gasteiger partial charge in [0.15, 0.2) is 0 Å². The Morgan fingerprint density at radius 1 is 1.11 bits per heavy atom. The second-order valence-corrected chi connectivity index (χ2v) is 7.09. The van der Waals surface area contributed by atoms with Gasteiger partial charge in [0.2, 0.25) is 0 Å². The van der Waals surface area contributed by atoms with E-state index < -0.39 is 0 Å². The Kier molecular flexibility index (Phi) is 9.84. The Hall–Kier alpha value is 0.140. The Morgan fingerprint density at radius 2 is 1.84 bits per heavy atom. The molecule has 1 aromatic heterocycles. The summed E-state index contributed by atoms with van der Waals surface area (Å²) < 4.78 is 1.22. The van der Waals surface area contributed by atoms with Crippen molar-refractivity contribution in [3.63, 3.8) is 0 Å². The van der Waals surface area contributed by atoms with Gasteiger partial charge in [-0.15, -0.1) is 11.3 Å². The molecule has 19 heavy (non-hydrogen) atoms. The van der Waals surface area contributed by atoms with Crippen molar-refractivity contribution in [3.8, 4) is 0 Å². The maximum absolute atomic E-state index is 3.69. The highest BCUT2D eigenvalue weighted by Gasteiger charge is 2.12. The van der Waals surface area contributed by atoms with E-state index in [1.165, 1.54) is 60.7 Å². The standard InChI is InChI=1S/C16H28BrNS/c1-3-5-6-7-8-9-10-15(18-11-4-2)16-12-14(17)13-19-16/h12-13,15,18H,3-11H2,1-2H3. The van der Waals surface area contributed by atoms with E-state index in [0.717, 1.165) is 6.54 Å². The van der Waals surface area contributed by atoms with Gasteiger partial charge in [-0.2, -0.15) is 0 Å². The van der Waals surface area contributed by atoms with Crippen LogP contribution >= 0.6 is 27.3 Å². The van der Waals surface area contributed by atoms with Gasteiger partial charge in [0.25, 0.3) is 0 Å². The number of rotatable bonds is 11. The zero-order valence-electron chi connectivity index (χ0n) is 12.4. The fourth-order valence-corrected chi connectivity index (χ4v) is 3.86. The van der Waals surface area contributed by atoms with Gasteiger partial charge >= 0.3 is 0 Å². The molecular weight excluding hydrogens is 318 g/mol. The minimum absolute atomic E-state index is 0.558. The molecule has 3 heteroatoms. The molecule has 1 N–H and O–H groups in total. The van der Waals surface area contributed by atoms with Gasteiger partial charge in [0.1, 0.15) is 0 Å². The van der Waals surface area contributed by atoms with Crippen molar-refractivity contribution >= 4 is 27.3 Å². The summed E-state index contributed by atoms with van der Waals surface area (Å²) in [6.45, 7) is 5.63. The lowest BCUT2D eigenvalue weighted by molar-refractivity contribution is 0.472. The zero-order valence-corrected chi connectivity index (χ0v) is 14.8. The molecule has 0 saturated heterocycles. The second-order valence-electron chi connectivity index (χ2n) is 5.23. The third-order valence-corrected chi connectivity index (χ3v) is 5.23. The fourth-order valence-electron chi connectivity index (χ4n) is 2.30. The van der Waals surface area contributed by atoms with Crippen LogP contribution in [-0.4, -0.2) is 6.54 Å². The van der Waals surface area contributed by atoms with E-state index in [4.69, 9.17) is 0 Å². The quantitative estimate of drug-likeness (QED) is 0.464. The van der Waals surface area contributed by atoms with E-state index in [0.29, 0.717) is 6.04 Å². The van der Waals surface area contributed by atoms with Crippen LogP contribution in [0.2, 0.25) is 0 Å². The molecule has 0 aliphatic rings. The number of unbranched alkanes of at least 4 members (excludes halogenated alkanes) is 5. The molecule has 1 aromatic rings. The summed E-state index contributed by atoms with van der Waals surface area (Å²) in [5.41, 5.74) is 0. The first-order valence-electron chi connectivity index (χ1n) is 7.75. The smallest absolute Gasteiger partial charge is 0.0415 e. The first-order chi connectivity index (χ1) is 9.27. The van der Waals surface area contributed by atoms with Crippen molar-refractivity contribution in [1.82, 2.24) is 5.32 Å². The molecule has 1 rings (SSSR count). The molecule has 1 heterocycles. The number of thiophene rings is 1. The van der Waals surface area contributed by atoms with Crippen LogP contribution in [0.15, 0.2) is 15.9 Å². The molecule has 1 atom stereocenters. The lowest BCUT2D eigenvalue weighted by Crippen LogP contribution is -2.21. The largest absolute Gasteiger partial charge is 0.309 e. The average Bonchev–Trinajstić information content (AvgIpc) is 2.83. The Morgan fingerprint density at radius 3 is 2.47 bits per heavy atom. The molecule has 0 spiro atoms. The normalized spacial score (nSPS) is 12.8. The molecule has 0 aromatic carbocycles. The molecule has 1 nitrogen and oxygen atoms in total. The van der Waals surface area contributed by atoms with E-state index in [9.17, 15) is 0 Å². The summed E-state index contributed by atoms with van der Waals surface area (Å²) in [7, 11) is 0. The molecule has 0 bridgehead atoms. The van der Waals surface area contributed by atoms with Crippen molar-refractivity contribution in [1.29, 1.82) is 0 Å². The first kappa shape index (κ1) is 17.2. The van der Waals surface area contributed by atoms with E-state index >= 15 is 0 Å². The highest BCUT2D eigenvalue weighted by Crippen LogP contribution is 2.29. The molecule has 0 radical (unpaired) electrons. The van der Waals surface area contributed by atoms with E-state index in [1.54, 1.807) is 0 Å². The minimum atomic E-state index is 0.558. The Bertz CT molecular complexity index is 324. The summed E-state index contributed by atoms with van der Waals surface area (Å²) in [6.07, 6.45) is 10.8. The minimum Gasteiger partial charge on any atom is -0.309 e. The predicted molar refractivity (Wildman–Crippen MR) is 91.0 cm³/mol. The lowest BCUT2D eigenvalue weighted by Gasteiger charge is -2.17. The van der Waals surface area contributed by atoms with Gasteiger partial charge < -0.3 is 5.32 Å². The SMILES string of the molecule is CCCCCCCCC(NCCC)c1cc(Br)cs1. The second kappa shape index (κ2) is 10.9. The van der Waals surface area contributed by atoms with Gasteiger partial charge in [-0.3, -0.25) is 0 Å². The predicted octanol–water partition coefficient (Wildman–Crippen LogP) is 6.30. The topological polar surface area (TPSA) is 12.0 Å². The van der Waals surface area contributed by atoms with E-state index in [2.05, 4.69) is 46.5 Å². The van der Waals surface area contributed by atoms with Gasteiger partial charge in [0.05, 0.1) is 0 Å². The van der Waals surface area contributed by atoms with Gasteiger partial charge in [-0.05, 0) is 41.4 Å². The monoisotopic (exact) mass is 345 g/mol. The maximum Gasteiger partial charge on any atom is 0.0415 e. The first-order valence-corrected chi connectivity index (χ1v) is 9.42. The maximum atomic E-state index is 3.69. The summed E-state index contributed by atoms with van der Waals surface area (Å²) >= 11 is 5.43. The molecule has 0 aliphatic heterocycles. The summed E-state index contributed by atoms with van der Waals surface area (Å²) in [4.78, 5) is 1.48. The fraction of sp³-hybridized carbons (Fsp3) is 0.750. The zero-order chi connectivity index (χ0) is 13.9. The van der Waals surface area contributed by atoms with Crippen LogP contribution in [0.5, 0.6) is 0 Å². The van der Waals surface area contributed by atoms with Crippen LogP contribution in [0, 0.1) is 0 Å². The molecule has 1 unspecified atom stereocenters. The van der Waals surface area contributed by atoms with Crippen LogP contribution in [0.3, 0.4) is 0 Å². The van der Waals surface area contributed by atoms with Crippen molar-refractivity contribution < 1.29 is 0 Å². The molecular formula is C16H28BrNS. The third kappa shape index (κ3) is 7.48. The van der Waals surface area contributed by atoms with Gasteiger partial charge in [-0.25, -0.2) is 0 Å². The highest BCUT2D eigenvalue weighted by molar-refractivity contribution is 9.10. The van der Waals surface area contributed by atoms with Crippen molar-refractivity contribution in [3.05, 3.63) is 20.8 Å². The van der Waals surface area contributed by atoms with Crippen LogP contribution in [0.1, 0.15) is 76.1 Å². The Labute approximate surface area is 131 Å². The summed E-state index contributed by atoms with van der Waals surface area (Å²) in [5, 5.41) is 5.88. The molecule has 0 saturated carbocycles. The highest BCUT2D eigenvalue weighted by atomic mass is 79.9. The number of halogens is 1. The average molecular weight is 346 g/mol. The van der Waals surface area contributed by atoms with Gasteiger partial charge in [-0.1, -0.05) is 52.4 Å². The van der Waals surface area contributed by atoms with Crippen LogP contribution in [0.25, 0.3) is 0 Å². The van der Waals surface area contributed by atoms with E-state index in [-0.39, 0.29) is 0 Å². The van der Waals surface area contributed by atoms with Crippen molar-refractivity contribution in [2.75, 3.05) is 6.54 Å². The molecule has 110 valence electrons. The summed E-state index contributed by atoms with van der Waals surface area (Å²) in [6, 6.07) is 2.83. The van der Waals surface area contributed by atoms with Gasteiger partial charge in [0, 0.05) is 20.8 Å².